The summed E-state index contributed by atoms with van der Waals surface area (Å²) in [6, 6.07) is 8.04. The molecule has 0 N–H and O–H groups in total. The van der Waals surface area contributed by atoms with Crippen LogP contribution < -0.4 is 5.56 Å². The van der Waals surface area contributed by atoms with E-state index in [9.17, 15) is 4.79 Å². The molecule has 0 fully saturated rings. The molecule has 1 aliphatic rings. The fraction of sp³-hybridized carbons (Fsp3) is 0.480. The Bertz CT molecular complexity index is 1370. The largest absolute Gasteiger partial charge is 0.372 e. The van der Waals surface area contributed by atoms with Crippen LogP contribution in [0.3, 0.4) is 0 Å². The molecule has 1 atom stereocenters. The van der Waals surface area contributed by atoms with Gasteiger partial charge < -0.3 is 4.74 Å². The second-order valence-electron chi connectivity index (χ2n) is 9.61. The van der Waals surface area contributed by atoms with E-state index < -0.39 is 0 Å². The number of thiophene rings is 1. The molecule has 8 heteroatoms. The Morgan fingerprint density at radius 3 is 2.64 bits per heavy atom. The van der Waals surface area contributed by atoms with Crippen molar-refractivity contribution >= 4 is 39.1 Å². The summed E-state index contributed by atoms with van der Waals surface area (Å²) in [4.78, 5) is 16.1. The molecule has 4 heterocycles. The third-order valence-corrected chi connectivity index (χ3v) is 8.46. The molecule has 1 aromatic carbocycles. The van der Waals surface area contributed by atoms with Crippen molar-refractivity contribution < 1.29 is 4.74 Å². The summed E-state index contributed by atoms with van der Waals surface area (Å²) >= 11 is 3.37. The van der Waals surface area contributed by atoms with Crippen molar-refractivity contribution in [3.05, 3.63) is 50.6 Å². The minimum Gasteiger partial charge on any atom is -0.372 e. The van der Waals surface area contributed by atoms with Gasteiger partial charge in [0, 0.05) is 17.1 Å². The molecule has 0 bridgehead atoms. The molecule has 0 saturated heterocycles. The maximum absolute atomic E-state index is 14.0. The number of rotatable bonds is 6. The number of ether oxygens (including phenoxy) is 1. The molecule has 1 aliphatic heterocycles. The van der Waals surface area contributed by atoms with Crippen LogP contribution in [0.15, 0.2) is 34.2 Å². The van der Waals surface area contributed by atoms with Crippen molar-refractivity contribution in [3.63, 3.8) is 0 Å². The van der Waals surface area contributed by atoms with Crippen LogP contribution in [0.2, 0.25) is 0 Å². The highest BCUT2D eigenvalue weighted by Crippen LogP contribution is 2.37. The van der Waals surface area contributed by atoms with Gasteiger partial charge in [-0.1, -0.05) is 57.2 Å². The van der Waals surface area contributed by atoms with E-state index in [0.29, 0.717) is 24.2 Å². The number of aromatic nitrogens is 4. The quantitative estimate of drug-likeness (QED) is 0.333. The van der Waals surface area contributed by atoms with E-state index in [1.807, 2.05) is 31.2 Å². The Kier molecular flexibility index (Phi) is 6.09. The first-order valence-electron chi connectivity index (χ1n) is 11.6. The second kappa shape index (κ2) is 8.89. The summed E-state index contributed by atoms with van der Waals surface area (Å²) in [7, 11) is 0. The van der Waals surface area contributed by atoms with Crippen LogP contribution in [-0.2, 0) is 17.8 Å². The number of thioether (sulfide) groups is 1. The number of hydrogen-bond acceptors (Lipinski definition) is 6. The van der Waals surface area contributed by atoms with Gasteiger partial charge in [0.2, 0.25) is 5.78 Å². The molecule has 3 aromatic heterocycles. The summed E-state index contributed by atoms with van der Waals surface area (Å²) in [5.74, 6) is 2.56. The zero-order chi connectivity index (χ0) is 23.3. The number of hydrogen-bond donors (Lipinski definition) is 0. The molecule has 33 heavy (non-hydrogen) atoms. The lowest BCUT2D eigenvalue weighted by molar-refractivity contribution is 0.00200. The fourth-order valence-corrected chi connectivity index (χ4v) is 6.74. The number of fused-ring (bicyclic) bond motifs is 5. The van der Waals surface area contributed by atoms with Gasteiger partial charge in [0.15, 0.2) is 5.16 Å². The van der Waals surface area contributed by atoms with Gasteiger partial charge in [-0.2, -0.15) is 0 Å². The SMILES string of the molecule is Cc1ccc(-n2c(=O)c3c4c(sc3n3c(SCCC(C)C)nnc23)CO[C@@H](C(C)C)C4)cc1. The Hall–Kier alpha value is -2.16. The maximum Gasteiger partial charge on any atom is 0.268 e. The Morgan fingerprint density at radius 2 is 1.94 bits per heavy atom. The van der Waals surface area contributed by atoms with Crippen LogP contribution in [-0.4, -0.2) is 31.0 Å². The number of nitrogens with zero attached hydrogens (tertiary/aromatic N) is 4. The van der Waals surface area contributed by atoms with Gasteiger partial charge >= 0.3 is 0 Å². The number of aryl methyl sites for hydroxylation is 1. The first-order chi connectivity index (χ1) is 15.8. The first-order valence-corrected chi connectivity index (χ1v) is 13.4. The molecule has 0 amide bonds. The minimum absolute atomic E-state index is 0.0191. The van der Waals surface area contributed by atoms with Crippen LogP contribution in [0, 0.1) is 18.8 Å². The van der Waals surface area contributed by atoms with Gasteiger partial charge in [-0.05, 0) is 42.9 Å². The molecule has 174 valence electrons. The summed E-state index contributed by atoms with van der Waals surface area (Å²) in [6.45, 7) is 11.4. The Balaban J connectivity index is 1.77. The number of benzene rings is 1. The average molecular weight is 483 g/mol. The maximum atomic E-state index is 14.0. The molecule has 5 rings (SSSR count). The van der Waals surface area contributed by atoms with Crippen molar-refractivity contribution in [2.24, 2.45) is 11.8 Å². The molecular formula is C25H30N4O2S2. The van der Waals surface area contributed by atoms with E-state index in [1.54, 1.807) is 27.7 Å². The minimum atomic E-state index is -0.0191. The normalized spacial score (nSPS) is 16.4. The summed E-state index contributed by atoms with van der Waals surface area (Å²) in [6.07, 6.45) is 1.99. The molecule has 0 spiro atoms. The van der Waals surface area contributed by atoms with Crippen molar-refractivity contribution in [1.82, 2.24) is 19.2 Å². The highest BCUT2D eigenvalue weighted by molar-refractivity contribution is 7.99. The Labute approximate surface area is 202 Å². The van der Waals surface area contributed by atoms with Crippen molar-refractivity contribution in [2.45, 2.75) is 65.3 Å². The second-order valence-corrected chi connectivity index (χ2v) is 11.8. The van der Waals surface area contributed by atoms with Crippen LogP contribution >= 0.6 is 23.1 Å². The topological polar surface area (TPSA) is 61.4 Å². The highest BCUT2D eigenvalue weighted by atomic mass is 32.2. The van der Waals surface area contributed by atoms with E-state index >= 15 is 0 Å². The van der Waals surface area contributed by atoms with Gasteiger partial charge in [-0.3, -0.25) is 4.79 Å². The van der Waals surface area contributed by atoms with Crippen molar-refractivity contribution in [1.29, 1.82) is 0 Å². The summed E-state index contributed by atoms with van der Waals surface area (Å²) in [5, 5.41) is 10.7. The third-order valence-electron chi connectivity index (χ3n) is 6.30. The summed E-state index contributed by atoms with van der Waals surface area (Å²) < 4.78 is 9.96. The van der Waals surface area contributed by atoms with Gasteiger partial charge in [0.05, 0.1) is 23.8 Å². The lowest BCUT2D eigenvalue weighted by atomic mass is 9.96. The molecule has 0 radical (unpaired) electrons. The molecular weight excluding hydrogens is 452 g/mol. The van der Waals surface area contributed by atoms with Crippen LogP contribution in [0.4, 0.5) is 0 Å². The van der Waals surface area contributed by atoms with Crippen LogP contribution in [0.25, 0.3) is 21.7 Å². The van der Waals surface area contributed by atoms with Gasteiger partial charge in [-0.25, -0.2) is 8.97 Å². The van der Waals surface area contributed by atoms with Crippen LogP contribution in [0.5, 0.6) is 0 Å². The van der Waals surface area contributed by atoms with Gasteiger partial charge in [-0.15, -0.1) is 21.5 Å². The molecule has 0 aliphatic carbocycles. The van der Waals surface area contributed by atoms with E-state index in [2.05, 4.69) is 42.3 Å². The highest BCUT2D eigenvalue weighted by Gasteiger charge is 2.30. The predicted molar refractivity (Wildman–Crippen MR) is 136 cm³/mol. The molecule has 0 unspecified atom stereocenters. The lowest BCUT2D eigenvalue weighted by Crippen LogP contribution is -2.28. The third kappa shape index (κ3) is 4.02. The smallest absolute Gasteiger partial charge is 0.268 e. The van der Waals surface area contributed by atoms with Gasteiger partial charge in [0.1, 0.15) is 4.83 Å². The fourth-order valence-electron chi connectivity index (χ4n) is 4.27. The van der Waals surface area contributed by atoms with Crippen molar-refractivity contribution in [3.8, 4) is 5.69 Å². The predicted octanol–water partition coefficient (Wildman–Crippen LogP) is 5.64. The van der Waals surface area contributed by atoms with E-state index in [1.165, 1.54) is 0 Å². The van der Waals surface area contributed by atoms with E-state index in [-0.39, 0.29) is 11.7 Å². The monoisotopic (exact) mass is 482 g/mol. The zero-order valence-corrected chi connectivity index (χ0v) is 21.4. The molecule has 6 nitrogen and oxygen atoms in total. The van der Waals surface area contributed by atoms with Gasteiger partial charge in [0.25, 0.3) is 5.56 Å². The lowest BCUT2D eigenvalue weighted by Gasteiger charge is -2.26. The van der Waals surface area contributed by atoms with Crippen LogP contribution in [0.1, 0.15) is 50.1 Å². The summed E-state index contributed by atoms with van der Waals surface area (Å²) in [5.41, 5.74) is 3.09. The molecule has 0 saturated carbocycles. The Morgan fingerprint density at radius 1 is 1.18 bits per heavy atom. The molecule has 4 aromatic rings. The first kappa shape index (κ1) is 22.6. The average Bonchev–Trinajstić information content (AvgIpc) is 3.36. The zero-order valence-electron chi connectivity index (χ0n) is 19.8. The van der Waals surface area contributed by atoms with Crippen molar-refractivity contribution in [2.75, 3.05) is 5.75 Å². The standard InChI is InChI=1S/C25H30N4O2S2/c1-14(2)10-11-32-25-27-26-24-28(17-8-6-16(5)7-9-17)22(30)21-18-12-19(15(3)4)31-13-20(18)33-23(21)29(24)25/h6-9,14-15,19H,10-13H2,1-5H3/t19-/m1/s1. The van der Waals surface area contributed by atoms with E-state index in [4.69, 9.17) is 4.74 Å². The van der Waals surface area contributed by atoms with E-state index in [0.717, 1.165) is 55.7 Å².